The van der Waals surface area contributed by atoms with Crippen molar-refractivity contribution in [3.63, 3.8) is 0 Å². The molecule has 2 aliphatic rings. The number of carbonyl (C=O) groups excluding carboxylic acids is 1. The largest absolute Gasteiger partial charge is 0.360 e. The number of rotatable bonds is 3. The molecule has 0 radical (unpaired) electrons. The van der Waals surface area contributed by atoms with E-state index >= 15 is 0 Å². The highest BCUT2D eigenvalue weighted by Gasteiger charge is 2.41. The number of anilines is 3. The predicted molar refractivity (Wildman–Crippen MR) is 114 cm³/mol. The fourth-order valence-corrected chi connectivity index (χ4v) is 5.26. The number of nitrogens with zero attached hydrogens (tertiary/aromatic N) is 4. The standard InChI is InChI=1S/C21H23N5OS/c1-13-20(27)26(19-17(25(13)2)7-5-11-22-19)15-10-9-14(12-15)23-21-24-16-6-3-4-8-18(16)28-21/h3-8,11,13-15H,9-10,12H2,1-2H3,(H,23,24). The summed E-state index contributed by atoms with van der Waals surface area (Å²) in [6.45, 7) is 1.97. The van der Waals surface area contributed by atoms with Gasteiger partial charge < -0.3 is 10.2 Å². The molecule has 1 aliphatic carbocycles. The maximum Gasteiger partial charge on any atom is 0.250 e. The summed E-state index contributed by atoms with van der Waals surface area (Å²) in [5, 5.41) is 4.56. The van der Waals surface area contributed by atoms with E-state index < -0.39 is 0 Å². The molecule has 7 heteroatoms. The average molecular weight is 394 g/mol. The lowest BCUT2D eigenvalue weighted by molar-refractivity contribution is -0.120. The molecule has 1 amide bonds. The maximum absolute atomic E-state index is 13.1. The molecule has 1 N–H and O–H groups in total. The van der Waals surface area contributed by atoms with Gasteiger partial charge >= 0.3 is 0 Å². The van der Waals surface area contributed by atoms with Gasteiger partial charge in [0.15, 0.2) is 10.9 Å². The number of carbonyl (C=O) groups is 1. The molecule has 5 rings (SSSR count). The van der Waals surface area contributed by atoms with Gasteiger partial charge in [-0.25, -0.2) is 9.97 Å². The van der Waals surface area contributed by atoms with Crippen molar-refractivity contribution in [2.75, 3.05) is 22.2 Å². The molecule has 28 heavy (non-hydrogen) atoms. The minimum atomic E-state index is -0.173. The highest BCUT2D eigenvalue weighted by molar-refractivity contribution is 7.22. The van der Waals surface area contributed by atoms with Gasteiger partial charge in [-0.3, -0.25) is 9.69 Å². The Morgan fingerprint density at radius 2 is 2.04 bits per heavy atom. The number of likely N-dealkylation sites (N-methyl/N-ethyl adjacent to an activating group) is 1. The van der Waals surface area contributed by atoms with Crippen molar-refractivity contribution in [1.29, 1.82) is 0 Å². The minimum Gasteiger partial charge on any atom is -0.360 e. The van der Waals surface area contributed by atoms with Crippen LogP contribution in [0.5, 0.6) is 0 Å². The van der Waals surface area contributed by atoms with Crippen molar-refractivity contribution in [2.45, 2.75) is 44.3 Å². The van der Waals surface area contributed by atoms with Gasteiger partial charge in [0.2, 0.25) is 0 Å². The Balaban J connectivity index is 1.36. The van der Waals surface area contributed by atoms with E-state index in [9.17, 15) is 4.79 Å². The van der Waals surface area contributed by atoms with Crippen LogP contribution in [0.25, 0.3) is 10.2 Å². The molecule has 144 valence electrons. The third-order valence-electron chi connectivity index (χ3n) is 5.94. The Kier molecular flexibility index (Phi) is 4.19. The summed E-state index contributed by atoms with van der Waals surface area (Å²) in [7, 11) is 1.96. The van der Waals surface area contributed by atoms with Gasteiger partial charge in [-0.2, -0.15) is 0 Å². The Morgan fingerprint density at radius 3 is 2.89 bits per heavy atom. The van der Waals surface area contributed by atoms with Gasteiger partial charge in [-0.05, 0) is 50.5 Å². The molecule has 1 fully saturated rings. The lowest BCUT2D eigenvalue weighted by Crippen LogP contribution is -2.54. The van der Waals surface area contributed by atoms with Crippen molar-refractivity contribution in [2.24, 2.45) is 0 Å². The summed E-state index contributed by atoms with van der Waals surface area (Å²) in [6, 6.07) is 12.5. The number of nitrogens with one attached hydrogen (secondary N) is 1. The Morgan fingerprint density at radius 1 is 1.18 bits per heavy atom. The zero-order valence-electron chi connectivity index (χ0n) is 16.0. The van der Waals surface area contributed by atoms with E-state index in [0.717, 1.165) is 41.4 Å². The lowest BCUT2D eigenvalue weighted by atomic mass is 10.1. The van der Waals surface area contributed by atoms with E-state index in [1.54, 1.807) is 17.5 Å². The molecule has 0 spiro atoms. The molecule has 1 aliphatic heterocycles. The van der Waals surface area contributed by atoms with Crippen LogP contribution in [-0.4, -0.2) is 41.0 Å². The smallest absolute Gasteiger partial charge is 0.250 e. The van der Waals surface area contributed by atoms with E-state index in [4.69, 9.17) is 4.98 Å². The summed E-state index contributed by atoms with van der Waals surface area (Å²) in [6.07, 6.45) is 4.68. The summed E-state index contributed by atoms with van der Waals surface area (Å²) in [5.74, 6) is 0.929. The van der Waals surface area contributed by atoms with E-state index in [-0.39, 0.29) is 18.0 Å². The second kappa shape index (κ2) is 6.74. The number of aromatic nitrogens is 2. The molecular formula is C21H23N5OS. The number of amides is 1. The molecule has 3 unspecified atom stereocenters. The number of hydrogen-bond donors (Lipinski definition) is 1. The van der Waals surface area contributed by atoms with Crippen molar-refractivity contribution >= 4 is 44.1 Å². The van der Waals surface area contributed by atoms with Crippen LogP contribution in [-0.2, 0) is 4.79 Å². The summed E-state index contributed by atoms with van der Waals surface area (Å²) < 4.78 is 1.20. The zero-order chi connectivity index (χ0) is 19.3. The lowest BCUT2D eigenvalue weighted by Gasteiger charge is -2.41. The van der Waals surface area contributed by atoms with Crippen LogP contribution in [0.15, 0.2) is 42.6 Å². The molecule has 1 saturated carbocycles. The van der Waals surface area contributed by atoms with Gasteiger partial charge in [0, 0.05) is 25.3 Å². The van der Waals surface area contributed by atoms with Crippen LogP contribution in [0.2, 0.25) is 0 Å². The van der Waals surface area contributed by atoms with Gasteiger partial charge in [0.05, 0.1) is 15.9 Å². The number of thiazole rings is 1. The van der Waals surface area contributed by atoms with Crippen LogP contribution >= 0.6 is 11.3 Å². The van der Waals surface area contributed by atoms with Crippen LogP contribution in [0, 0.1) is 0 Å². The SMILES string of the molecule is CC1C(=O)N(C2CCC(Nc3nc4ccccc4s3)C2)c2ncccc2N1C. The first-order chi connectivity index (χ1) is 13.6. The first kappa shape index (κ1) is 17.4. The third kappa shape index (κ3) is 2.81. The summed E-state index contributed by atoms with van der Waals surface area (Å²) in [4.78, 5) is 26.3. The summed E-state index contributed by atoms with van der Waals surface area (Å²) >= 11 is 1.69. The fourth-order valence-electron chi connectivity index (χ4n) is 4.31. The first-order valence-electron chi connectivity index (χ1n) is 9.75. The highest BCUT2D eigenvalue weighted by atomic mass is 32.1. The van der Waals surface area contributed by atoms with E-state index in [1.807, 2.05) is 54.1 Å². The molecule has 3 atom stereocenters. The number of pyridine rings is 1. The van der Waals surface area contributed by atoms with E-state index in [2.05, 4.69) is 16.4 Å². The molecule has 6 nitrogen and oxygen atoms in total. The molecule has 3 heterocycles. The Bertz CT molecular complexity index is 1000. The van der Waals surface area contributed by atoms with E-state index in [0.29, 0.717) is 6.04 Å². The average Bonchev–Trinajstić information content (AvgIpc) is 3.33. The van der Waals surface area contributed by atoms with Crippen molar-refractivity contribution in [1.82, 2.24) is 9.97 Å². The Hall–Kier alpha value is -2.67. The van der Waals surface area contributed by atoms with Gasteiger partial charge in [0.25, 0.3) is 5.91 Å². The van der Waals surface area contributed by atoms with Crippen LogP contribution < -0.4 is 15.1 Å². The van der Waals surface area contributed by atoms with E-state index in [1.165, 1.54) is 4.70 Å². The van der Waals surface area contributed by atoms with Crippen molar-refractivity contribution < 1.29 is 4.79 Å². The first-order valence-corrected chi connectivity index (χ1v) is 10.6. The second-order valence-corrected chi connectivity index (χ2v) is 8.67. The zero-order valence-corrected chi connectivity index (χ0v) is 16.8. The second-order valence-electron chi connectivity index (χ2n) is 7.64. The maximum atomic E-state index is 13.1. The van der Waals surface area contributed by atoms with Crippen LogP contribution in [0.1, 0.15) is 26.2 Å². The normalized spacial score (nSPS) is 24.6. The van der Waals surface area contributed by atoms with Crippen molar-refractivity contribution in [3.8, 4) is 0 Å². The topological polar surface area (TPSA) is 61.4 Å². The Labute approximate surface area is 168 Å². The monoisotopic (exact) mass is 393 g/mol. The van der Waals surface area contributed by atoms with Crippen LogP contribution in [0.3, 0.4) is 0 Å². The number of fused-ring (bicyclic) bond motifs is 2. The molecule has 1 aromatic carbocycles. The van der Waals surface area contributed by atoms with Crippen LogP contribution in [0.4, 0.5) is 16.6 Å². The molecule has 3 aromatic rings. The molecule has 2 aromatic heterocycles. The molecular weight excluding hydrogens is 370 g/mol. The van der Waals surface area contributed by atoms with Gasteiger partial charge in [0.1, 0.15) is 6.04 Å². The summed E-state index contributed by atoms with van der Waals surface area (Å²) in [5.41, 5.74) is 2.06. The van der Waals surface area contributed by atoms with Gasteiger partial charge in [-0.15, -0.1) is 0 Å². The quantitative estimate of drug-likeness (QED) is 0.731. The highest BCUT2D eigenvalue weighted by Crippen LogP contribution is 2.39. The predicted octanol–water partition coefficient (Wildman–Crippen LogP) is 3.90. The molecule has 0 saturated heterocycles. The minimum absolute atomic E-state index is 0.138. The third-order valence-corrected chi connectivity index (χ3v) is 6.91. The number of hydrogen-bond acceptors (Lipinski definition) is 6. The number of benzene rings is 1. The molecule has 0 bridgehead atoms. The number of para-hydroxylation sites is 1. The van der Waals surface area contributed by atoms with Gasteiger partial charge in [-0.1, -0.05) is 23.5 Å². The van der Waals surface area contributed by atoms with Crippen molar-refractivity contribution in [3.05, 3.63) is 42.6 Å². The fraction of sp³-hybridized carbons (Fsp3) is 0.381.